The number of hydrogen-bond donors (Lipinski definition) is 1. The molecule has 1 fully saturated rings. The van der Waals surface area contributed by atoms with E-state index in [2.05, 4.69) is 13.8 Å². The van der Waals surface area contributed by atoms with Crippen molar-refractivity contribution >= 4 is 11.6 Å². The van der Waals surface area contributed by atoms with Crippen LogP contribution in [0.4, 0.5) is 5.69 Å². The van der Waals surface area contributed by atoms with Crippen molar-refractivity contribution in [2.24, 2.45) is 11.3 Å². The molecule has 0 heterocycles. The van der Waals surface area contributed by atoms with Crippen LogP contribution in [0.25, 0.3) is 0 Å². The molecule has 3 nitrogen and oxygen atoms in total. The first-order chi connectivity index (χ1) is 9.45. The van der Waals surface area contributed by atoms with E-state index in [1.165, 1.54) is 6.42 Å². The van der Waals surface area contributed by atoms with Gasteiger partial charge in [0.15, 0.2) is 0 Å². The lowest BCUT2D eigenvalue weighted by Crippen LogP contribution is -2.43. The fraction of sp³-hybridized carbons (Fsp3) is 0.588. The average Bonchev–Trinajstić information content (AvgIpc) is 2.39. The predicted molar refractivity (Wildman–Crippen MR) is 81.9 cm³/mol. The van der Waals surface area contributed by atoms with Gasteiger partial charge in [0.1, 0.15) is 5.75 Å². The number of amides is 1. The van der Waals surface area contributed by atoms with Crippen molar-refractivity contribution in [1.29, 1.82) is 0 Å². The SMILES string of the molecule is CCN(C(=O)C1CCCCC1(C)C)c1cccc(O)c1. The van der Waals surface area contributed by atoms with E-state index in [0.29, 0.717) is 6.54 Å². The summed E-state index contributed by atoms with van der Waals surface area (Å²) in [6, 6.07) is 6.97. The van der Waals surface area contributed by atoms with Gasteiger partial charge in [-0.3, -0.25) is 4.79 Å². The molecule has 3 heteroatoms. The van der Waals surface area contributed by atoms with Crippen LogP contribution in [0.3, 0.4) is 0 Å². The molecular weight excluding hydrogens is 250 g/mol. The molecule has 1 unspecified atom stereocenters. The molecule has 0 saturated heterocycles. The number of phenolic OH excluding ortho intramolecular Hbond substituents is 1. The number of anilines is 1. The van der Waals surface area contributed by atoms with Crippen LogP contribution in [0, 0.1) is 11.3 Å². The number of phenols is 1. The summed E-state index contributed by atoms with van der Waals surface area (Å²) in [6.07, 6.45) is 4.44. The zero-order valence-electron chi connectivity index (χ0n) is 12.7. The summed E-state index contributed by atoms with van der Waals surface area (Å²) in [5.41, 5.74) is 0.860. The van der Waals surface area contributed by atoms with Gasteiger partial charge in [-0.25, -0.2) is 0 Å². The van der Waals surface area contributed by atoms with Gasteiger partial charge in [0.2, 0.25) is 5.91 Å². The minimum absolute atomic E-state index is 0.0690. The highest BCUT2D eigenvalue weighted by atomic mass is 16.3. The van der Waals surface area contributed by atoms with E-state index >= 15 is 0 Å². The van der Waals surface area contributed by atoms with Gasteiger partial charge in [-0.1, -0.05) is 32.8 Å². The molecule has 0 bridgehead atoms. The second-order valence-corrected chi connectivity index (χ2v) is 6.39. The molecule has 0 radical (unpaired) electrons. The monoisotopic (exact) mass is 275 g/mol. The van der Waals surface area contributed by atoms with Crippen molar-refractivity contribution in [2.75, 3.05) is 11.4 Å². The molecule has 0 aromatic heterocycles. The largest absolute Gasteiger partial charge is 0.508 e. The first-order valence-corrected chi connectivity index (χ1v) is 7.56. The highest BCUT2D eigenvalue weighted by Gasteiger charge is 2.39. The van der Waals surface area contributed by atoms with E-state index in [-0.39, 0.29) is 23.0 Å². The molecular formula is C17H25NO2. The number of carbonyl (C=O) groups excluding carboxylic acids is 1. The lowest BCUT2D eigenvalue weighted by molar-refractivity contribution is -0.127. The minimum Gasteiger partial charge on any atom is -0.508 e. The van der Waals surface area contributed by atoms with E-state index in [0.717, 1.165) is 24.9 Å². The summed E-state index contributed by atoms with van der Waals surface area (Å²) in [4.78, 5) is 14.7. The van der Waals surface area contributed by atoms with Crippen molar-refractivity contribution in [2.45, 2.75) is 46.5 Å². The third kappa shape index (κ3) is 2.97. The van der Waals surface area contributed by atoms with Crippen LogP contribution in [0.5, 0.6) is 5.75 Å². The van der Waals surface area contributed by atoms with Crippen LogP contribution >= 0.6 is 0 Å². The smallest absolute Gasteiger partial charge is 0.230 e. The molecule has 0 spiro atoms. The Bertz CT molecular complexity index is 482. The number of benzene rings is 1. The van der Waals surface area contributed by atoms with Gasteiger partial charge in [-0.15, -0.1) is 0 Å². The van der Waals surface area contributed by atoms with Gasteiger partial charge in [0.25, 0.3) is 0 Å². The van der Waals surface area contributed by atoms with Crippen LogP contribution in [0.2, 0.25) is 0 Å². The van der Waals surface area contributed by atoms with Gasteiger partial charge >= 0.3 is 0 Å². The Morgan fingerprint density at radius 1 is 1.40 bits per heavy atom. The maximum absolute atomic E-state index is 12.9. The Labute approximate surface area is 121 Å². The van der Waals surface area contributed by atoms with Gasteiger partial charge in [0.05, 0.1) is 0 Å². The van der Waals surface area contributed by atoms with Gasteiger partial charge in [-0.2, -0.15) is 0 Å². The number of nitrogens with zero attached hydrogens (tertiary/aromatic N) is 1. The van der Waals surface area contributed by atoms with Crippen LogP contribution in [0.1, 0.15) is 46.5 Å². The third-order valence-electron chi connectivity index (χ3n) is 4.53. The van der Waals surface area contributed by atoms with Crippen molar-refractivity contribution < 1.29 is 9.90 Å². The molecule has 1 N–H and O–H groups in total. The predicted octanol–water partition coefficient (Wildman–Crippen LogP) is 3.96. The van der Waals surface area contributed by atoms with Gasteiger partial charge in [-0.05, 0) is 37.3 Å². The summed E-state index contributed by atoms with van der Waals surface area (Å²) in [6.45, 7) is 7.02. The molecule has 1 saturated carbocycles. The van der Waals surface area contributed by atoms with Crippen LogP contribution in [-0.2, 0) is 4.79 Å². The fourth-order valence-corrected chi connectivity index (χ4v) is 3.27. The first kappa shape index (κ1) is 14.9. The standard InChI is InChI=1S/C17H25NO2/c1-4-18(13-8-7-9-14(19)12-13)16(20)15-10-5-6-11-17(15,2)3/h7-9,12,15,19H,4-6,10-11H2,1-3H3. The van der Waals surface area contributed by atoms with Gasteiger partial charge in [0, 0.05) is 24.2 Å². The molecule has 1 atom stereocenters. The molecule has 1 aromatic rings. The van der Waals surface area contributed by atoms with Crippen LogP contribution < -0.4 is 4.90 Å². The topological polar surface area (TPSA) is 40.5 Å². The van der Waals surface area contributed by atoms with Crippen molar-refractivity contribution in [3.63, 3.8) is 0 Å². The maximum Gasteiger partial charge on any atom is 0.230 e. The van der Waals surface area contributed by atoms with Crippen molar-refractivity contribution in [3.05, 3.63) is 24.3 Å². The minimum atomic E-state index is 0.0690. The number of rotatable bonds is 3. The number of hydrogen-bond acceptors (Lipinski definition) is 2. The maximum atomic E-state index is 12.9. The highest BCUT2D eigenvalue weighted by Crippen LogP contribution is 2.42. The Kier molecular flexibility index (Phi) is 4.36. The van der Waals surface area contributed by atoms with E-state index in [4.69, 9.17) is 0 Å². The Hall–Kier alpha value is -1.51. The summed E-state index contributed by atoms with van der Waals surface area (Å²) in [5, 5.41) is 9.61. The first-order valence-electron chi connectivity index (χ1n) is 7.56. The summed E-state index contributed by atoms with van der Waals surface area (Å²) in [5.74, 6) is 0.484. The summed E-state index contributed by atoms with van der Waals surface area (Å²) in [7, 11) is 0. The van der Waals surface area contributed by atoms with Crippen LogP contribution in [-0.4, -0.2) is 17.6 Å². The third-order valence-corrected chi connectivity index (χ3v) is 4.53. The molecule has 1 aromatic carbocycles. The molecule has 1 aliphatic rings. The van der Waals surface area contributed by atoms with E-state index in [1.54, 1.807) is 23.1 Å². The normalized spacial score (nSPS) is 21.4. The fourth-order valence-electron chi connectivity index (χ4n) is 3.27. The molecule has 20 heavy (non-hydrogen) atoms. The number of aromatic hydroxyl groups is 1. The molecule has 110 valence electrons. The van der Waals surface area contributed by atoms with E-state index in [1.807, 2.05) is 13.0 Å². The zero-order valence-corrected chi connectivity index (χ0v) is 12.7. The quantitative estimate of drug-likeness (QED) is 0.907. The molecule has 1 amide bonds. The molecule has 2 rings (SSSR count). The Balaban J connectivity index is 2.25. The number of carbonyl (C=O) groups is 1. The van der Waals surface area contributed by atoms with E-state index < -0.39 is 0 Å². The second kappa shape index (κ2) is 5.86. The van der Waals surface area contributed by atoms with Crippen molar-refractivity contribution in [3.8, 4) is 5.75 Å². The zero-order chi connectivity index (χ0) is 14.8. The summed E-state index contributed by atoms with van der Waals surface area (Å²) < 4.78 is 0. The van der Waals surface area contributed by atoms with Crippen LogP contribution in [0.15, 0.2) is 24.3 Å². The summed E-state index contributed by atoms with van der Waals surface area (Å²) >= 11 is 0. The average molecular weight is 275 g/mol. The lowest BCUT2D eigenvalue weighted by Gasteiger charge is -2.40. The molecule has 1 aliphatic carbocycles. The Morgan fingerprint density at radius 3 is 2.75 bits per heavy atom. The lowest BCUT2D eigenvalue weighted by atomic mass is 9.68. The van der Waals surface area contributed by atoms with Crippen molar-refractivity contribution in [1.82, 2.24) is 0 Å². The highest BCUT2D eigenvalue weighted by molar-refractivity contribution is 5.95. The Morgan fingerprint density at radius 2 is 2.15 bits per heavy atom. The van der Waals surface area contributed by atoms with Gasteiger partial charge < -0.3 is 10.0 Å². The second-order valence-electron chi connectivity index (χ2n) is 6.39. The molecule has 0 aliphatic heterocycles. The van der Waals surface area contributed by atoms with E-state index in [9.17, 15) is 9.90 Å².